The van der Waals surface area contributed by atoms with Crippen LogP contribution in [0.5, 0.6) is 6.01 Å². The molecule has 7 heteroatoms. The van der Waals surface area contributed by atoms with Crippen molar-refractivity contribution in [2.45, 2.75) is 26.3 Å². The Bertz CT molecular complexity index is 1020. The van der Waals surface area contributed by atoms with Crippen molar-refractivity contribution in [1.82, 2.24) is 15.0 Å². The minimum absolute atomic E-state index is 0.378. The third kappa shape index (κ3) is 6.34. The highest BCUT2D eigenvalue weighted by Crippen LogP contribution is 2.19. The number of aliphatic imine (C=N–C) groups is 1. The standard InChI is InChI=1S/C25H29N5O2/c1-2-20-6-5-7-21(16-20)18-26-19-23-17-24(30-11-14-31-15-12-30)29-25(28-23)32-13-9-22-8-3-4-10-27-22/h3-8,10,16-18H,2,9,11-15,19H2,1H3. The summed E-state index contributed by atoms with van der Waals surface area (Å²) in [6.45, 7) is 6.08. The van der Waals surface area contributed by atoms with Crippen molar-refractivity contribution in [1.29, 1.82) is 0 Å². The molecule has 0 atom stereocenters. The van der Waals surface area contributed by atoms with Crippen molar-refractivity contribution in [2.24, 2.45) is 4.99 Å². The van der Waals surface area contributed by atoms with Crippen molar-refractivity contribution >= 4 is 12.0 Å². The maximum Gasteiger partial charge on any atom is 0.318 e. The molecule has 0 unspecified atom stereocenters. The molecule has 1 aliphatic rings. The van der Waals surface area contributed by atoms with Gasteiger partial charge in [-0.25, -0.2) is 0 Å². The summed E-state index contributed by atoms with van der Waals surface area (Å²) in [5.41, 5.74) is 4.21. The summed E-state index contributed by atoms with van der Waals surface area (Å²) in [5.74, 6) is 0.856. The lowest BCUT2D eigenvalue weighted by atomic mass is 10.1. The number of ether oxygens (including phenoxy) is 2. The molecule has 166 valence electrons. The van der Waals surface area contributed by atoms with Crippen molar-refractivity contribution in [2.75, 3.05) is 37.8 Å². The molecule has 32 heavy (non-hydrogen) atoms. The van der Waals surface area contributed by atoms with Crippen molar-refractivity contribution in [3.8, 4) is 6.01 Å². The van der Waals surface area contributed by atoms with Gasteiger partial charge in [-0.2, -0.15) is 9.97 Å². The smallest absolute Gasteiger partial charge is 0.318 e. The summed E-state index contributed by atoms with van der Waals surface area (Å²) < 4.78 is 11.4. The minimum Gasteiger partial charge on any atom is -0.463 e. The van der Waals surface area contributed by atoms with E-state index >= 15 is 0 Å². The molecule has 3 heterocycles. The SMILES string of the molecule is CCc1cccc(C=NCc2cc(N3CCOCC3)nc(OCCc3ccccn3)n2)c1. The third-order valence-electron chi connectivity index (χ3n) is 5.25. The zero-order chi connectivity index (χ0) is 22.0. The largest absolute Gasteiger partial charge is 0.463 e. The molecule has 1 saturated heterocycles. The van der Waals surface area contributed by atoms with Gasteiger partial charge in [0.1, 0.15) is 5.82 Å². The second-order valence-corrected chi connectivity index (χ2v) is 7.59. The monoisotopic (exact) mass is 431 g/mol. The summed E-state index contributed by atoms with van der Waals surface area (Å²) >= 11 is 0. The lowest BCUT2D eigenvalue weighted by Gasteiger charge is -2.28. The normalized spacial score (nSPS) is 14.1. The van der Waals surface area contributed by atoms with Gasteiger partial charge in [0.05, 0.1) is 32.1 Å². The predicted molar refractivity (Wildman–Crippen MR) is 126 cm³/mol. The Kier molecular flexibility index (Phi) is 7.76. The lowest BCUT2D eigenvalue weighted by molar-refractivity contribution is 0.122. The number of aryl methyl sites for hydroxylation is 1. The molecule has 0 radical (unpaired) electrons. The highest BCUT2D eigenvalue weighted by molar-refractivity contribution is 5.79. The summed E-state index contributed by atoms with van der Waals surface area (Å²) in [6, 6.07) is 16.7. The number of anilines is 1. The number of benzene rings is 1. The Hall–Kier alpha value is -3.32. The first-order valence-corrected chi connectivity index (χ1v) is 11.1. The first-order valence-electron chi connectivity index (χ1n) is 11.1. The van der Waals surface area contributed by atoms with Crippen LogP contribution in [0, 0.1) is 0 Å². The summed E-state index contributed by atoms with van der Waals surface area (Å²) in [4.78, 5) is 20.4. The second kappa shape index (κ2) is 11.3. The summed E-state index contributed by atoms with van der Waals surface area (Å²) in [5, 5.41) is 0. The molecular weight excluding hydrogens is 402 g/mol. The van der Waals surface area contributed by atoms with Gasteiger partial charge in [0.25, 0.3) is 0 Å². The topological polar surface area (TPSA) is 72.7 Å². The minimum atomic E-state index is 0.378. The molecular formula is C25H29N5O2. The fourth-order valence-corrected chi connectivity index (χ4v) is 3.49. The molecule has 3 aromatic rings. The summed E-state index contributed by atoms with van der Waals surface area (Å²) in [7, 11) is 0. The van der Waals surface area contributed by atoms with Crippen LogP contribution in [0.4, 0.5) is 5.82 Å². The number of hydrogen-bond donors (Lipinski definition) is 0. The van der Waals surface area contributed by atoms with E-state index in [4.69, 9.17) is 9.47 Å². The Morgan fingerprint density at radius 3 is 2.78 bits per heavy atom. The molecule has 1 fully saturated rings. The predicted octanol–water partition coefficient (Wildman–Crippen LogP) is 3.51. The molecule has 1 aliphatic heterocycles. The number of nitrogens with zero attached hydrogens (tertiary/aromatic N) is 5. The van der Waals surface area contributed by atoms with Crippen LogP contribution >= 0.6 is 0 Å². The quantitative estimate of drug-likeness (QED) is 0.483. The Balaban J connectivity index is 1.46. The molecule has 0 amide bonds. The Morgan fingerprint density at radius 1 is 1.06 bits per heavy atom. The van der Waals surface area contributed by atoms with E-state index in [9.17, 15) is 0 Å². The van der Waals surface area contributed by atoms with Crippen molar-refractivity contribution in [3.63, 3.8) is 0 Å². The van der Waals surface area contributed by atoms with Crippen molar-refractivity contribution in [3.05, 3.63) is 77.2 Å². The maximum atomic E-state index is 5.90. The van der Waals surface area contributed by atoms with E-state index in [2.05, 4.69) is 56.0 Å². The van der Waals surface area contributed by atoms with Gasteiger partial charge in [-0.3, -0.25) is 9.98 Å². The van der Waals surface area contributed by atoms with Gasteiger partial charge in [-0.1, -0.05) is 37.3 Å². The van der Waals surface area contributed by atoms with Crippen LogP contribution in [0.1, 0.15) is 29.4 Å². The van der Waals surface area contributed by atoms with Gasteiger partial charge in [-0.05, 0) is 29.7 Å². The molecule has 0 N–H and O–H groups in total. The number of morpholine rings is 1. The zero-order valence-corrected chi connectivity index (χ0v) is 18.5. The first-order chi connectivity index (χ1) is 15.8. The van der Waals surface area contributed by atoms with E-state index in [1.54, 1.807) is 6.20 Å². The highest BCUT2D eigenvalue weighted by Gasteiger charge is 2.15. The van der Waals surface area contributed by atoms with Crippen LogP contribution in [-0.2, 0) is 24.1 Å². The molecule has 0 spiro atoms. The number of hydrogen-bond acceptors (Lipinski definition) is 7. The number of aromatic nitrogens is 3. The average Bonchev–Trinajstić information content (AvgIpc) is 2.85. The Labute approximate surface area is 189 Å². The van der Waals surface area contributed by atoms with Gasteiger partial charge >= 0.3 is 6.01 Å². The first kappa shape index (κ1) is 21.9. The maximum absolute atomic E-state index is 5.90. The van der Waals surface area contributed by atoms with E-state index in [1.165, 1.54) is 5.56 Å². The van der Waals surface area contributed by atoms with Gasteiger partial charge in [0, 0.05) is 43.7 Å². The second-order valence-electron chi connectivity index (χ2n) is 7.59. The molecule has 1 aromatic carbocycles. The van der Waals surface area contributed by atoms with E-state index in [0.29, 0.717) is 38.8 Å². The number of rotatable bonds is 9. The van der Waals surface area contributed by atoms with Crippen LogP contribution in [0.25, 0.3) is 0 Å². The molecule has 2 aromatic heterocycles. The van der Waals surface area contributed by atoms with E-state index < -0.39 is 0 Å². The summed E-state index contributed by atoms with van der Waals surface area (Å²) in [6.07, 6.45) is 5.40. The molecule has 0 saturated carbocycles. The fourth-order valence-electron chi connectivity index (χ4n) is 3.49. The molecule has 7 nitrogen and oxygen atoms in total. The van der Waals surface area contributed by atoms with Crippen LogP contribution in [-0.4, -0.2) is 54.1 Å². The average molecular weight is 432 g/mol. The molecule has 0 aliphatic carbocycles. The van der Waals surface area contributed by atoms with E-state index in [-0.39, 0.29) is 0 Å². The third-order valence-corrected chi connectivity index (χ3v) is 5.25. The zero-order valence-electron chi connectivity index (χ0n) is 18.5. The van der Waals surface area contributed by atoms with Crippen LogP contribution in [0.3, 0.4) is 0 Å². The van der Waals surface area contributed by atoms with E-state index in [1.807, 2.05) is 30.5 Å². The van der Waals surface area contributed by atoms with Crippen LogP contribution < -0.4 is 9.64 Å². The van der Waals surface area contributed by atoms with Gasteiger partial charge in [0.15, 0.2) is 0 Å². The number of pyridine rings is 1. The molecule has 0 bridgehead atoms. The van der Waals surface area contributed by atoms with Crippen LogP contribution in [0.2, 0.25) is 0 Å². The molecule has 4 rings (SSSR count). The van der Waals surface area contributed by atoms with Gasteiger partial charge < -0.3 is 14.4 Å². The van der Waals surface area contributed by atoms with Crippen LogP contribution in [0.15, 0.2) is 59.7 Å². The van der Waals surface area contributed by atoms with Gasteiger partial charge in [-0.15, -0.1) is 0 Å². The van der Waals surface area contributed by atoms with Gasteiger partial charge in [0.2, 0.25) is 0 Å². The fraction of sp³-hybridized carbons (Fsp3) is 0.360. The Morgan fingerprint density at radius 2 is 1.97 bits per heavy atom. The van der Waals surface area contributed by atoms with E-state index in [0.717, 1.165) is 42.3 Å². The highest BCUT2D eigenvalue weighted by atomic mass is 16.5. The van der Waals surface area contributed by atoms with Crippen molar-refractivity contribution < 1.29 is 9.47 Å². The lowest BCUT2D eigenvalue weighted by Crippen LogP contribution is -2.37.